The number of hydrogen-bond acceptors (Lipinski definition) is 5. The van der Waals surface area contributed by atoms with Crippen LogP contribution in [0.4, 0.5) is 10.1 Å². The number of rotatable bonds is 6. The molecule has 1 fully saturated rings. The Labute approximate surface area is 224 Å². The number of halogens is 2. The zero-order valence-electron chi connectivity index (χ0n) is 20.5. The molecule has 0 unspecified atom stereocenters. The number of benzene rings is 3. The van der Waals surface area contributed by atoms with E-state index in [0.717, 1.165) is 41.2 Å². The molecular formula is C29H25ClFN5O2. The van der Waals surface area contributed by atoms with Crippen LogP contribution >= 0.6 is 11.6 Å². The second kappa shape index (κ2) is 10.0. The zero-order valence-corrected chi connectivity index (χ0v) is 21.3. The molecule has 0 saturated carbocycles. The van der Waals surface area contributed by atoms with Crippen LogP contribution in [0.1, 0.15) is 31.8 Å². The van der Waals surface area contributed by atoms with Crippen molar-refractivity contribution in [1.29, 1.82) is 0 Å². The second-order valence-electron chi connectivity index (χ2n) is 9.53. The molecular weight excluding hydrogens is 505 g/mol. The molecule has 7 nitrogen and oxygen atoms in total. The zero-order chi connectivity index (χ0) is 26.2. The first kappa shape index (κ1) is 24.3. The van der Waals surface area contributed by atoms with E-state index in [1.165, 1.54) is 17.0 Å². The fourth-order valence-corrected chi connectivity index (χ4v) is 5.40. The van der Waals surface area contributed by atoms with E-state index in [0.29, 0.717) is 35.8 Å². The first-order chi connectivity index (χ1) is 18.5. The molecule has 0 spiro atoms. The van der Waals surface area contributed by atoms with Gasteiger partial charge in [-0.05, 0) is 48.0 Å². The highest BCUT2D eigenvalue weighted by Crippen LogP contribution is 2.34. The summed E-state index contributed by atoms with van der Waals surface area (Å²) in [5, 5.41) is 7.77. The van der Waals surface area contributed by atoms with Gasteiger partial charge in [0.1, 0.15) is 5.82 Å². The Morgan fingerprint density at radius 3 is 2.37 bits per heavy atom. The monoisotopic (exact) mass is 529 g/mol. The fourth-order valence-electron chi connectivity index (χ4n) is 5.21. The number of piperazine rings is 1. The van der Waals surface area contributed by atoms with Crippen molar-refractivity contribution < 1.29 is 14.0 Å². The van der Waals surface area contributed by atoms with E-state index < -0.39 is 0 Å². The van der Waals surface area contributed by atoms with Crippen molar-refractivity contribution in [3.8, 4) is 11.3 Å². The van der Waals surface area contributed by atoms with Gasteiger partial charge in [-0.1, -0.05) is 35.9 Å². The highest BCUT2D eigenvalue weighted by Gasteiger charge is 2.39. The van der Waals surface area contributed by atoms with E-state index in [9.17, 15) is 14.0 Å². The smallest absolute Gasteiger partial charge is 0.263 e. The van der Waals surface area contributed by atoms with Crippen molar-refractivity contribution in [2.75, 3.05) is 31.1 Å². The molecule has 0 radical (unpaired) electrons. The molecule has 0 aliphatic carbocycles. The normalized spacial score (nSPS) is 15.8. The Morgan fingerprint density at radius 2 is 1.61 bits per heavy atom. The van der Waals surface area contributed by atoms with Crippen LogP contribution in [-0.4, -0.2) is 58.0 Å². The summed E-state index contributed by atoms with van der Waals surface area (Å²) in [6.07, 6.45) is 1.81. The Bertz CT molecular complexity index is 1510. The van der Waals surface area contributed by atoms with Crippen molar-refractivity contribution >= 4 is 29.1 Å². The molecule has 2 aliphatic heterocycles. The predicted molar refractivity (Wildman–Crippen MR) is 144 cm³/mol. The average molecular weight is 530 g/mol. The minimum Gasteiger partial charge on any atom is -0.368 e. The van der Waals surface area contributed by atoms with Crippen LogP contribution in [0.5, 0.6) is 0 Å². The minimum atomic E-state index is -0.293. The maximum atomic E-state index is 13.4. The molecule has 38 heavy (non-hydrogen) atoms. The van der Waals surface area contributed by atoms with Crippen LogP contribution < -0.4 is 4.90 Å². The highest BCUT2D eigenvalue weighted by molar-refractivity contribution is 6.31. The van der Waals surface area contributed by atoms with Crippen LogP contribution in [0.15, 0.2) is 72.9 Å². The van der Waals surface area contributed by atoms with E-state index in [1.807, 2.05) is 36.5 Å². The highest BCUT2D eigenvalue weighted by atomic mass is 35.5. The summed E-state index contributed by atoms with van der Waals surface area (Å²) < 4.78 is 13.4. The maximum Gasteiger partial charge on any atom is 0.263 e. The molecule has 1 saturated heterocycles. The van der Waals surface area contributed by atoms with E-state index in [4.69, 9.17) is 11.6 Å². The van der Waals surface area contributed by atoms with E-state index in [-0.39, 0.29) is 24.2 Å². The summed E-state index contributed by atoms with van der Waals surface area (Å²) in [6.45, 7) is 3.83. The number of imide groups is 1. The fraction of sp³-hybridized carbons (Fsp3) is 0.207. The number of nitrogens with one attached hydrogen (secondary N) is 1. The van der Waals surface area contributed by atoms with Gasteiger partial charge in [-0.15, -0.1) is 0 Å². The van der Waals surface area contributed by atoms with Crippen LogP contribution in [0.2, 0.25) is 5.02 Å². The molecule has 1 N–H and O–H groups in total. The number of hydrogen-bond donors (Lipinski definition) is 1. The maximum absolute atomic E-state index is 13.4. The molecule has 4 aromatic rings. The molecule has 0 bridgehead atoms. The van der Waals surface area contributed by atoms with Crippen LogP contribution in [-0.2, 0) is 13.1 Å². The van der Waals surface area contributed by atoms with Gasteiger partial charge < -0.3 is 4.90 Å². The number of nitrogens with zero attached hydrogens (tertiary/aromatic N) is 4. The molecule has 2 aliphatic rings. The van der Waals surface area contributed by atoms with Crippen LogP contribution in [0, 0.1) is 5.82 Å². The van der Waals surface area contributed by atoms with E-state index in [2.05, 4.69) is 20.0 Å². The van der Waals surface area contributed by atoms with Crippen molar-refractivity contribution in [1.82, 2.24) is 20.0 Å². The summed E-state index contributed by atoms with van der Waals surface area (Å²) in [7, 11) is 0. The average Bonchev–Trinajstić information content (AvgIpc) is 3.49. The van der Waals surface area contributed by atoms with E-state index >= 15 is 0 Å². The third-order valence-corrected chi connectivity index (χ3v) is 7.59. The molecule has 3 aromatic carbocycles. The number of fused-ring (bicyclic) bond motifs is 1. The molecule has 2 amide bonds. The summed E-state index contributed by atoms with van der Waals surface area (Å²) in [5.41, 5.74) is 5.24. The SMILES string of the molecule is O=C1c2cccc(N3CCN(Cc4cn[nH]c4-c4ccc(F)cc4)CC3)c2C(=O)N1Cc1ccccc1Cl. The molecule has 0 atom stereocenters. The lowest BCUT2D eigenvalue weighted by molar-refractivity contribution is 0.0642. The van der Waals surface area contributed by atoms with Crippen LogP contribution in [0.25, 0.3) is 11.3 Å². The van der Waals surface area contributed by atoms with Gasteiger partial charge in [0.15, 0.2) is 0 Å². The minimum absolute atomic E-state index is 0.139. The van der Waals surface area contributed by atoms with Crippen molar-refractivity contribution in [2.45, 2.75) is 13.1 Å². The van der Waals surface area contributed by atoms with Gasteiger partial charge in [-0.25, -0.2) is 4.39 Å². The van der Waals surface area contributed by atoms with Crippen LogP contribution in [0.3, 0.4) is 0 Å². The Kier molecular flexibility index (Phi) is 6.43. The number of anilines is 1. The number of H-pyrrole nitrogens is 1. The number of carbonyl (C=O) groups is 2. The van der Waals surface area contributed by atoms with Gasteiger partial charge in [0, 0.05) is 48.9 Å². The second-order valence-corrected chi connectivity index (χ2v) is 9.94. The Hall–Kier alpha value is -4.01. The first-order valence-corrected chi connectivity index (χ1v) is 12.9. The number of aromatic nitrogens is 2. The standard InChI is InChI=1S/C29H25ClFN5O2/c30-24-6-2-1-4-20(24)18-36-28(37)23-5-3-7-25(26(23)29(36)38)35-14-12-34(13-15-35)17-21-16-32-33-27(21)19-8-10-22(31)11-9-19/h1-11,16H,12-15,17-18H2,(H,32,33). The van der Waals surface area contributed by atoms with E-state index in [1.54, 1.807) is 24.3 Å². The molecule has 6 rings (SSSR count). The predicted octanol–water partition coefficient (Wildman–Crippen LogP) is 4.99. The molecule has 1 aromatic heterocycles. The van der Waals surface area contributed by atoms with Gasteiger partial charge in [0.05, 0.1) is 35.2 Å². The Morgan fingerprint density at radius 1 is 0.842 bits per heavy atom. The van der Waals surface area contributed by atoms with Gasteiger partial charge in [0.25, 0.3) is 11.8 Å². The third kappa shape index (κ3) is 4.46. The van der Waals surface area contributed by atoms with Gasteiger partial charge in [-0.2, -0.15) is 5.10 Å². The summed E-state index contributed by atoms with van der Waals surface area (Å²) in [5.74, 6) is -0.852. The summed E-state index contributed by atoms with van der Waals surface area (Å²) >= 11 is 6.29. The van der Waals surface area contributed by atoms with Gasteiger partial charge in [-0.3, -0.25) is 24.5 Å². The van der Waals surface area contributed by atoms with Gasteiger partial charge >= 0.3 is 0 Å². The largest absolute Gasteiger partial charge is 0.368 e. The number of carbonyl (C=O) groups excluding carboxylic acids is 2. The molecule has 3 heterocycles. The lowest BCUT2D eigenvalue weighted by Crippen LogP contribution is -2.46. The number of amides is 2. The molecule has 9 heteroatoms. The summed E-state index contributed by atoms with van der Waals surface area (Å²) in [4.78, 5) is 32.4. The topological polar surface area (TPSA) is 72.5 Å². The Balaban J connectivity index is 1.16. The lowest BCUT2D eigenvalue weighted by atomic mass is 10.1. The quantitative estimate of drug-likeness (QED) is 0.356. The first-order valence-electron chi connectivity index (χ1n) is 12.5. The van der Waals surface area contributed by atoms with Gasteiger partial charge in [0.2, 0.25) is 0 Å². The van der Waals surface area contributed by atoms with Crippen molar-refractivity contribution in [3.05, 3.63) is 106 Å². The summed E-state index contributed by atoms with van der Waals surface area (Å²) in [6, 6.07) is 19.1. The van der Waals surface area contributed by atoms with Crippen molar-refractivity contribution in [3.63, 3.8) is 0 Å². The molecule has 192 valence electrons. The third-order valence-electron chi connectivity index (χ3n) is 7.22. The number of aromatic amines is 1. The van der Waals surface area contributed by atoms with Crippen molar-refractivity contribution in [2.24, 2.45) is 0 Å². The lowest BCUT2D eigenvalue weighted by Gasteiger charge is -2.36.